The molecule has 0 saturated heterocycles. The van der Waals surface area contributed by atoms with Gasteiger partial charge in [-0.3, -0.25) is 0 Å². The van der Waals surface area contributed by atoms with Crippen molar-refractivity contribution in [2.45, 2.75) is 86.5 Å². The summed E-state index contributed by atoms with van der Waals surface area (Å²) in [5.41, 5.74) is 11.5. The van der Waals surface area contributed by atoms with Gasteiger partial charge >= 0.3 is 0 Å². The van der Waals surface area contributed by atoms with Gasteiger partial charge in [0.05, 0.1) is 31.9 Å². The fraction of sp³-hybridized carbons (Fsp3) is 0.255. The first-order chi connectivity index (χ1) is 29.5. The molecule has 2 aromatic heterocycles. The lowest BCUT2D eigenvalue weighted by Crippen LogP contribution is -2.40. The Morgan fingerprint density at radius 1 is 0.548 bits per heavy atom. The van der Waals surface area contributed by atoms with Crippen LogP contribution in [0, 0.1) is 13.8 Å². The maximum Gasteiger partial charge on any atom is 0.241 e. The summed E-state index contributed by atoms with van der Waals surface area (Å²) in [4.78, 5) is 17.2. The van der Waals surface area contributed by atoms with Crippen molar-refractivity contribution in [1.29, 1.82) is 0 Å². The second kappa shape index (κ2) is 15.8. The summed E-state index contributed by atoms with van der Waals surface area (Å²) in [6.45, 7) is 9.73. The van der Waals surface area contributed by atoms with Crippen LogP contribution in [0.15, 0.2) is 143 Å². The Balaban J connectivity index is 0.000000159. The number of imidazole rings is 2. The van der Waals surface area contributed by atoms with Crippen LogP contribution < -0.4 is 4.72 Å². The van der Waals surface area contributed by atoms with E-state index in [1.54, 1.807) is 24.3 Å². The van der Waals surface area contributed by atoms with Crippen LogP contribution in [0.3, 0.4) is 0 Å². The molecule has 62 heavy (non-hydrogen) atoms. The third kappa shape index (κ3) is 8.75. The molecule has 3 N–H and O–H groups in total. The third-order valence-corrected chi connectivity index (χ3v) is 14.8. The molecule has 0 spiro atoms. The zero-order valence-corrected chi connectivity index (χ0v) is 37.4. The monoisotopic (exact) mass is 861 g/mol. The van der Waals surface area contributed by atoms with Crippen molar-refractivity contribution >= 4 is 41.9 Å². The van der Waals surface area contributed by atoms with Crippen LogP contribution in [0.25, 0.3) is 44.3 Å². The van der Waals surface area contributed by atoms with Crippen LogP contribution in [0.1, 0.15) is 91.2 Å². The minimum Gasteiger partial charge on any atom is -0.342 e. The molecule has 4 unspecified atom stereocenters. The van der Waals surface area contributed by atoms with E-state index in [0.29, 0.717) is 34.1 Å². The maximum atomic E-state index is 13.1. The average Bonchev–Trinajstić information content (AvgIpc) is 4.13. The second-order valence-electron chi connectivity index (χ2n) is 18.0. The maximum absolute atomic E-state index is 13.1. The first kappa shape index (κ1) is 41.5. The van der Waals surface area contributed by atoms with E-state index in [2.05, 4.69) is 77.1 Å². The second-order valence-corrected chi connectivity index (χ2v) is 21.7. The largest absolute Gasteiger partial charge is 0.342 e. The van der Waals surface area contributed by atoms with Gasteiger partial charge in [-0.2, -0.15) is 0 Å². The van der Waals surface area contributed by atoms with Crippen molar-refractivity contribution in [2.24, 2.45) is 0 Å². The molecule has 8 aromatic rings. The lowest BCUT2D eigenvalue weighted by Gasteiger charge is -2.21. The van der Waals surface area contributed by atoms with Gasteiger partial charge in [0.25, 0.3) is 0 Å². The predicted octanol–water partition coefficient (Wildman–Crippen LogP) is 11.1. The van der Waals surface area contributed by atoms with Gasteiger partial charge < -0.3 is 9.97 Å². The summed E-state index contributed by atoms with van der Waals surface area (Å²) in [7, 11) is -6.97. The lowest BCUT2D eigenvalue weighted by atomic mass is 10.1. The molecule has 316 valence electrons. The van der Waals surface area contributed by atoms with E-state index in [1.165, 1.54) is 28.5 Å². The first-order valence-corrected chi connectivity index (χ1v) is 24.4. The molecule has 0 amide bonds. The van der Waals surface area contributed by atoms with Gasteiger partial charge in [-0.1, -0.05) is 108 Å². The van der Waals surface area contributed by atoms with Gasteiger partial charge in [0.1, 0.15) is 11.6 Å². The fourth-order valence-corrected chi connectivity index (χ4v) is 11.1. The highest BCUT2D eigenvalue weighted by atomic mass is 32.2. The Hall–Kier alpha value is -5.88. The molecule has 2 aliphatic rings. The molecule has 2 aliphatic carbocycles. The van der Waals surface area contributed by atoms with Crippen LogP contribution in [0.2, 0.25) is 0 Å². The zero-order valence-electron chi connectivity index (χ0n) is 35.8. The van der Waals surface area contributed by atoms with Crippen LogP contribution in [-0.2, 0) is 19.9 Å². The summed E-state index contributed by atoms with van der Waals surface area (Å²) in [6, 6.07) is 43.6. The molecule has 9 nitrogen and oxygen atoms in total. The van der Waals surface area contributed by atoms with Gasteiger partial charge in [0, 0.05) is 34.8 Å². The molecule has 11 heteroatoms. The predicted molar refractivity (Wildman–Crippen MR) is 249 cm³/mol. The lowest BCUT2D eigenvalue weighted by molar-refractivity contribution is 0.491. The normalized spacial score (nSPS) is 18.7. The van der Waals surface area contributed by atoms with Crippen molar-refractivity contribution in [1.82, 2.24) is 24.7 Å². The summed E-state index contributed by atoms with van der Waals surface area (Å²) >= 11 is 0. The number of nitrogens with zero attached hydrogens (tertiary/aromatic N) is 2. The number of aromatic nitrogens is 4. The fourth-order valence-electron chi connectivity index (χ4n) is 8.53. The molecule has 2 saturated carbocycles. The van der Waals surface area contributed by atoms with Gasteiger partial charge in [-0.05, 0) is 118 Å². The van der Waals surface area contributed by atoms with Crippen molar-refractivity contribution in [3.63, 3.8) is 0 Å². The number of aryl methyl sites for hydroxylation is 2. The summed E-state index contributed by atoms with van der Waals surface area (Å²) in [5.74, 6) is 3.84. The zero-order chi connectivity index (χ0) is 43.6. The molecule has 2 fully saturated rings. The standard InChI is InChI=1S/C27H29N3O2S.C24H22N2O2S/c1-17-9-11-18(12-10-17)21-16-22(21)26-28-23-14-13-19(15-24(23)29-26)20-7-5-6-8-25(20)33(31,32)30-27(2,3)4;1-15-7-9-16(10-8-15)19-14-20(19)24-25-21-12-11-17(13-22(21)26-24)18-5-3-4-6-23(18)29(2,27)28/h5-15,21-22,30H,16H2,1-4H3,(H,28,29);3-13,19-20H,14H2,1-2H3,(H,25,26). The Kier molecular flexibility index (Phi) is 10.6. The highest BCUT2D eigenvalue weighted by molar-refractivity contribution is 7.91. The van der Waals surface area contributed by atoms with E-state index >= 15 is 0 Å². The van der Waals surface area contributed by atoms with Crippen LogP contribution in [-0.4, -0.2) is 48.6 Å². The number of aromatic amines is 2. The van der Waals surface area contributed by atoms with Crippen LogP contribution in [0.4, 0.5) is 0 Å². The number of rotatable bonds is 9. The minimum absolute atomic E-state index is 0.278. The summed E-state index contributed by atoms with van der Waals surface area (Å²) < 4.78 is 53.2. The summed E-state index contributed by atoms with van der Waals surface area (Å²) in [6.07, 6.45) is 3.44. The Labute approximate surface area is 364 Å². The topological polar surface area (TPSA) is 138 Å². The average molecular weight is 862 g/mol. The molecule has 10 rings (SSSR count). The molecular formula is C51H51N5O4S2. The van der Waals surface area contributed by atoms with E-state index in [9.17, 15) is 16.8 Å². The van der Waals surface area contributed by atoms with Gasteiger partial charge in [-0.25, -0.2) is 31.5 Å². The van der Waals surface area contributed by atoms with Crippen molar-refractivity contribution < 1.29 is 16.8 Å². The van der Waals surface area contributed by atoms with Gasteiger partial charge in [-0.15, -0.1) is 0 Å². The molecule has 0 bridgehead atoms. The first-order valence-electron chi connectivity index (χ1n) is 21.1. The SMILES string of the molecule is Cc1ccc(C2CC2c2nc3ccc(-c4ccccc4S(=O)(=O)NC(C)(C)C)cc3[nH]2)cc1.Cc1ccc(C2CC2c2nc3ccc(-c4ccccc4S(C)(=O)=O)cc3[nH]2)cc1. The molecule has 2 heterocycles. The Morgan fingerprint density at radius 3 is 1.40 bits per heavy atom. The van der Waals surface area contributed by atoms with Gasteiger partial charge in [0.15, 0.2) is 9.84 Å². The third-order valence-electron chi connectivity index (χ3n) is 11.8. The number of hydrogen-bond donors (Lipinski definition) is 3. The minimum atomic E-state index is -3.67. The van der Waals surface area contributed by atoms with Crippen molar-refractivity contribution in [2.75, 3.05) is 6.26 Å². The van der Waals surface area contributed by atoms with E-state index in [1.807, 2.05) is 81.4 Å². The van der Waals surface area contributed by atoms with E-state index < -0.39 is 25.4 Å². The van der Waals surface area contributed by atoms with E-state index in [0.717, 1.165) is 63.2 Å². The summed E-state index contributed by atoms with van der Waals surface area (Å²) in [5, 5.41) is 0. The Morgan fingerprint density at radius 2 is 0.968 bits per heavy atom. The number of sulfonamides is 1. The smallest absolute Gasteiger partial charge is 0.241 e. The number of nitrogens with one attached hydrogen (secondary N) is 3. The van der Waals surface area contributed by atoms with Crippen molar-refractivity contribution in [3.05, 3.63) is 167 Å². The number of sulfone groups is 1. The number of benzene rings is 6. The van der Waals surface area contributed by atoms with Crippen LogP contribution in [0.5, 0.6) is 0 Å². The molecule has 6 aromatic carbocycles. The number of hydrogen-bond acceptors (Lipinski definition) is 6. The van der Waals surface area contributed by atoms with Crippen LogP contribution >= 0.6 is 0 Å². The van der Waals surface area contributed by atoms with E-state index in [-0.39, 0.29) is 4.90 Å². The quantitative estimate of drug-likeness (QED) is 0.132. The highest BCUT2D eigenvalue weighted by Crippen LogP contribution is 2.55. The number of H-pyrrole nitrogens is 2. The number of fused-ring (bicyclic) bond motifs is 2. The molecule has 0 radical (unpaired) electrons. The Bertz CT molecular complexity index is 3180. The van der Waals surface area contributed by atoms with E-state index in [4.69, 9.17) is 9.97 Å². The molecule has 0 aliphatic heterocycles. The highest BCUT2D eigenvalue weighted by Gasteiger charge is 2.42. The van der Waals surface area contributed by atoms with Crippen molar-refractivity contribution in [3.8, 4) is 22.3 Å². The van der Waals surface area contributed by atoms with Gasteiger partial charge in [0.2, 0.25) is 10.0 Å². The molecular weight excluding hydrogens is 811 g/mol. The molecule has 4 atom stereocenters.